The number of rotatable bonds is 5. The Morgan fingerprint density at radius 2 is 2.00 bits per heavy atom. The molecule has 0 saturated carbocycles. The third kappa shape index (κ3) is 3.86. The number of aliphatic hydroxyl groups excluding tert-OH is 1. The molecule has 0 bridgehead atoms. The molecule has 4 heteroatoms. The van der Waals surface area contributed by atoms with Gasteiger partial charge in [0.15, 0.2) is 0 Å². The van der Waals surface area contributed by atoms with Crippen LogP contribution in [0, 0.1) is 17.2 Å². The predicted octanol–water partition coefficient (Wildman–Crippen LogP) is 1.70. The van der Waals surface area contributed by atoms with Gasteiger partial charge in [-0.2, -0.15) is 5.26 Å². The lowest BCUT2D eigenvalue weighted by Gasteiger charge is -2.21. The molecular formula is C14H18N2O2. The van der Waals surface area contributed by atoms with Gasteiger partial charge < -0.3 is 10.4 Å². The zero-order valence-corrected chi connectivity index (χ0v) is 10.7. The summed E-state index contributed by atoms with van der Waals surface area (Å²) < 4.78 is 0. The first-order valence-electron chi connectivity index (χ1n) is 6.00. The van der Waals surface area contributed by atoms with Crippen LogP contribution in [-0.2, 0) is 0 Å². The molecule has 0 saturated heterocycles. The first-order chi connectivity index (χ1) is 8.58. The molecule has 0 fully saturated rings. The van der Waals surface area contributed by atoms with Gasteiger partial charge in [0.25, 0.3) is 5.91 Å². The maximum absolute atomic E-state index is 12.0. The maximum atomic E-state index is 12.0. The summed E-state index contributed by atoms with van der Waals surface area (Å²) in [4.78, 5) is 12.0. The van der Waals surface area contributed by atoms with Gasteiger partial charge in [0.2, 0.25) is 0 Å². The standard InChI is InChI=1S/C14H18N2O2/c1-10(2)13(7-8-17)16-14(18)12-5-3-11(9-15)4-6-12/h3-6,10,13,17H,7-8H2,1-2H3,(H,16,18). The molecular weight excluding hydrogens is 228 g/mol. The minimum absolute atomic E-state index is 0.0434. The second kappa shape index (κ2) is 6.77. The molecule has 1 aromatic rings. The van der Waals surface area contributed by atoms with Crippen molar-refractivity contribution in [2.75, 3.05) is 6.61 Å². The van der Waals surface area contributed by atoms with Crippen LogP contribution >= 0.6 is 0 Å². The Kier molecular flexibility index (Phi) is 5.34. The van der Waals surface area contributed by atoms with Crippen molar-refractivity contribution in [2.24, 2.45) is 5.92 Å². The van der Waals surface area contributed by atoms with Crippen LogP contribution in [-0.4, -0.2) is 23.7 Å². The SMILES string of the molecule is CC(C)C(CCO)NC(=O)c1ccc(C#N)cc1. The summed E-state index contributed by atoms with van der Waals surface area (Å²) in [7, 11) is 0. The van der Waals surface area contributed by atoms with Crippen LogP contribution in [0.2, 0.25) is 0 Å². The number of benzene rings is 1. The van der Waals surface area contributed by atoms with Crippen molar-refractivity contribution in [1.82, 2.24) is 5.32 Å². The first-order valence-corrected chi connectivity index (χ1v) is 6.00. The van der Waals surface area contributed by atoms with Gasteiger partial charge in [-0.3, -0.25) is 4.79 Å². The molecule has 2 N–H and O–H groups in total. The van der Waals surface area contributed by atoms with Crippen molar-refractivity contribution in [3.8, 4) is 6.07 Å². The van der Waals surface area contributed by atoms with E-state index in [1.165, 1.54) is 0 Å². The van der Waals surface area contributed by atoms with Crippen LogP contribution < -0.4 is 5.32 Å². The fraction of sp³-hybridized carbons (Fsp3) is 0.429. The molecule has 1 rings (SSSR count). The van der Waals surface area contributed by atoms with Gasteiger partial charge >= 0.3 is 0 Å². The number of nitriles is 1. The molecule has 1 atom stereocenters. The van der Waals surface area contributed by atoms with Crippen molar-refractivity contribution in [3.05, 3.63) is 35.4 Å². The fourth-order valence-electron chi connectivity index (χ4n) is 1.66. The van der Waals surface area contributed by atoms with E-state index in [2.05, 4.69) is 5.32 Å². The monoisotopic (exact) mass is 246 g/mol. The van der Waals surface area contributed by atoms with Gasteiger partial charge in [-0.15, -0.1) is 0 Å². The van der Waals surface area contributed by atoms with E-state index in [1.807, 2.05) is 19.9 Å². The van der Waals surface area contributed by atoms with Crippen LogP contribution in [0.5, 0.6) is 0 Å². The summed E-state index contributed by atoms with van der Waals surface area (Å²) in [5, 5.41) is 20.5. The van der Waals surface area contributed by atoms with Crippen molar-refractivity contribution in [3.63, 3.8) is 0 Å². The second-order valence-corrected chi connectivity index (χ2v) is 4.53. The highest BCUT2D eigenvalue weighted by Crippen LogP contribution is 2.08. The number of nitrogens with zero attached hydrogens (tertiary/aromatic N) is 1. The van der Waals surface area contributed by atoms with Crippen molar-refractivity contribution >= 4 is 5.91 Å². The van der Waals surface area contributed by atoms with Crippen LogP contribution in [0.3, 0.4) is 0 Å². The molecule has 0 radical (unpaired) electrons. The molecule has 4 nitrogen and oxygen atoms in total. The summed E-state index contributed by atoms with van der Waals surface area (Å²) in [6, 6.07) is 8.46. The first kappa shape index (κ1) is 14.2. The largest absolute Gasteiger partial charge is 0.396 e. The minimum Gasteiger partial charge on any atom is -0.396 e. The molecule has 0 aromatic heterocycles. The van der Waals surface area contributed by atoms with E-state index >= 15 is 0 Å². The number of carbonyl (C=O) groups is 1. The maximum Gasteiger partial charge on any atom is 0.251 e. The molecule has 96 valence electrons. The van der Waals surface area contributed by atoms with Gasteiger partial charge in [-0.1, -0.05) is 13.8 Å². The van der Waals surface area contributed by atoms with E-state index < -0.39 is 0 Å². The van der Waals surface area contributed by atoms with Crippen molar-refractivity contribution < 1.29 is 9.90 Å². The predicted molar refractivity (Wildman–Crippen MR) is 69.0 cm³/mol. The van der Waals surface area contributed by atoms with Gasteiger partial charge in [-0.25, -0.2) is 0 Å². The Morgan fingerprint density at radius 1 is 1.39 bits per heavy atom. The molecule has 1 unspecified atom stereocenters. The second-order valence-electron chi connectivity index (χ2n) is 4.53. The van der Waals surface area contributed by atoms with E-state index in [-0.39, 0.29) is 24.5 Å². The van der Waals surface area contributed by atoms with E-state index in [4.69, 9.17) is 10.4 Å². The molecule has 1 aromatic carbocycles. The zero-order valence-electron chi connectivity index (χ0n) is 10.7. The lowest BCUT2D eigenvalue weighted by Crippen LogP contribution is -2.39. The number of carbonyl (C=O) groups excluding carboxylic acids is 1. The highest BCUT2D eigenvalue weighted by molar-refractivity contribution is 5.94. The topological polar surface area (TPSA) is 73.1 Å². The van der Waals surface area contributed by atoms with E-state index in [9.17, 15) is 4.79 Å². The van der Waals surface area contributed by atoms with Crippen molar-refractivity contribution in [2.45, 2.75) is 26.3 Å². The summed E-state index contributed by atoms with van der Waals surface area (Å²) in [5.74, 6) is 0.0890. The third-order valence-electron chi connectivity index (χ3n) is 2.84. The highest BCUT2D eigenvalue weighted by Gasteiger charge is 2.16. The quantitative estimate of drug-likeness (QED) is 0.830. The van der Waals surface area contributed by atoms with Crippen molar-refractivity contribution in [1.29, 1.82) is 5.26 Å². The molecule has 18 heavy (non-hydrogen) atoms. The normalized spacial score (nSPS) is 11.9. The molecule has 1 amide bonds. The number of hydrogen-bond donors (Lipinski definition) is 2. The minimum atomic E-state index is -0.174. The molecule has 0 aliphatic rings. The lowest BCUT2D eigenvalue weighted by molar-refractivity contribution is 0.0916. The Labute approximate surface area is 107 Å². The molecule has 0 heterocycles. The number of hydrogen-bond acceptors (Lipinski definition) is 3. The summed E-state index contributed by atoms with van der Waals surface area (Å²) in [6.07, 6.45) is 0.541. The molecule has 0 spiro atoms. The van der Waals surface area contributed by atoms with Crippen LogP contribution in [0.4, 0.5) is 0 Å². The summed E-state index contributed by atoms with van der Waals surface area (Å²) >= 11 is 0. The number of nitrogens with one attached hydrogen (secondary N) is 1. The van der Waals surface area contributed by atoms with E-state index in [1.54, 1.807) is 24.3 Å². The third-order valence-corrected chi connectivity index (χ3v) is 2.84. The zero-order chi connectivity index (χ0) is 13.5. The highest BCUT2D eigenvalue weighted by atomic mass is 16.3. The van der Waals surface area contributed by atoms with Gasteiger partial charge in [0, 0.05) is 18.2 Å². The van der Waals surface area contributed by atoms with Gasteiger partial charge in [-0.05, 0) is 36.6 Å². The Morgan fingerprint density at radius 3 is 2.44 bits per heavy atom. The average Bonchev–Trinajstić information content (AvgIpc) is 2.38. The smallest absolute Gasteiger partial charge is 0.251 e. The van der Waals surface area contributed by atoms with E-state index in [0.29, 0.717) is 17.5 Å². The van der Waals surface area contributed by atoms with Crippen LogP contribution in [0.25, 0.3) is 0 Å². The number of amides is 1. The summed E-state index contributed by atoms with van der Waals surface area (Å²) in [6.45, 7) is 4.05. The van der Waals surface area contributed by atoms with Crippen LogP contribution in [0.15, 0.2) is 24.3 Å². The lowest BCUT2D eigenvalue weighted by atomic mass is 10.0. The average molecular weight is 246 g/mol. The van der Waals surface area contributed by atoms with E-state index in [0.717, 1.165) is 0 Å². The van der Waals surface area contributed by atoms with Gasteiger partial charge in [0.1, 0.15) is 0 Å². The summed E-state index contributed by atoms with van der Waals surface area (Å²) in [5.41, 5.74) is 1.06. The van der Waals surface area contributed by atoms with Gasteiger partial charge in [0.05, 0.1) is 11.6 Å². The Balaban J connectivity index is 2.71. The molecule has 0 aliphatic carbocycles. The Bertz CT molecular complexity index is 432. The van der Waals surface area contributed by atoms with Crippen LogP contribution in [0.1, 0.15) is 36.2 Å². The number of aliphatic hydroxyl groups is 1. The molecule has 0 aliphatic heterocycles. The fourth-order valence-corrected chi connectivity index (χ4v) is 1.66. The Hall–Kier alpha value is -1.86.